The molecule has 0 aliphatic carbocycles. The highest BCUT2D eigenvalue weighted by Gasteiger charge is 2.18. The molecule has 4 nitrogen and oxygen atoms in total. The van der Waals surface area contributed by atoms with Crippen molar-refractivity contribution in [2.75, 3.05) is 0 Å². The Hall–Kier alpha value is -1.39. The highest BCUT2D eigenvalue weighted by Crippen LogP contribution is 2.07. The first-order valence-electron chi connectivity index (χ1n) is 5.69. The number of aliphatic carboxylic acids is 1. The Bertz CT molecular complexity index is 379. The monoisotopic (exact) mass is 237 g/mol. The molecule has 0 aliphatic rings. The number of nitrogens with one attached hydrogen (secondary N) is 1. The lowest BCUT2D eigenvalue weighted by atomic mass is 10.0. The van der Waals surface area contributed by atoms with Crippen molar-refractivity contribution in [3.8, 4) is 0 Å². The summed E-state index contributed by atoms with van der Waals surface area (Å²) in [4.78, 5) is 10.8. The largest absolute Gasteiger partial charge is 0.481 e. The van der Waals surface area contributed by atoms with Crippen LogP contribution in [0.4, 0.5) is 0 Å². The molecule has 17 heavy (non-hydrogen) atoms. The molecule has 4 heteroatoms. The SMILES string of the molecule is CC(NCc1cccc(CO)c1)C(C)C(=O)O. The third kappa shape index (κ3) is 4.17. The highest BCUT2D eigenvalue weighted by atomic mass is 16.4. The molecular weight excluding hydrogens is 218 g/mol. The van der Waals surface area contributed by atoms with E-state index in [1.165, 1.54) is 0 Å². The molecule has 0 radical (unpaired) electrons. The molecule has 0 fully saturated rings. The van der Waals surface area contributed by atoms with Crippen molar-refractivity contribution in [3.05, 3.63) is 35.4 Å². The zero-order chi connectivity index (χ0) is 12.8. The van der Waals surface area contributed by atoms with E-state index in [0.717, 1.165) is 11.1 Å². The van der Waals surface area contributed by atoms with Gasteiger partial charge in [0, 0.05) is 12.6 Å². The van der Waals surface area contributed by atoms with Crippen LogP contribution < -0.4 is 5.32 Å². The second kappa shape index (κ2) is 6.37. The molecule has 0 aromatic heterocycles. The van der Waals surface area contributed by atoms with Gasteiger partial charge in [0.25, 0.3) is 0 Å². The maximum Gasteiger partial charge on any atom is 0.307 e. The molecule has 1 rings (SSSR count). The predicted molar refractivity (Wildman–Crippen MR) is 65.5 cm³/mol. The van der Waals surface area contributed by atoms with E-state index < -0.39 is 11.9 Å². The molecule has 0 heterocycles. The van der Waals surface area contributed by atoms with Crippen LogP contribution in [0.1, 0.15) is 25.0 Å². The van der Waals surface area contributed by atoms with E-state index in [4.69, 9.17) is 10.2 Å². The fourth-order valence-electron chi connectivity index (χ4n) is 1.51. The minimum absolute atomic E-state index is 0.0227. The summed E-state index contributed by atoms with van der Waals surface area (Å²) >= 11 is 0. The van der Waals surface area contributed by atoms with Crippen molar-refractivity contribution in [2.45, 2.75) is 33.0 Å². The first-order valence-corrected chi connectivity index (χ1v) is 5.69. The van der Waals surface area contributed by atoms with Gasteiger partial charge in [-0.25, -0.2) is 0 Å². The Morgan fingerprint density at radius 3 is 2.59 bits per heavy atom. The fraction of sp³-hybridized carbons (Fsp3) is 0.462. The van der Waals surface area contributed by atoms with Gasteiger partial charge in [-0.15, -0.1) is 0 Å². The van der Waals surface area contributed by atoms with Gasteiger partial charge in [-0.05, 0) is 18.1 Å². The maximum absolute atomic E-state index is 10.8. The van der Waals surface area contributed by atoms with Crippen LogP contribution >= 0.6 is 0 Å². The minimum atomic E-state index is -0.797. The van der Waals surface area contributed by atoms with Crippen LogP contribution in [0.2, 0.25) is 0 Å². The van der Waals surface area contributed by atoms with Crippen LogP contribution in [-0.4, -0.2) is 22.2 Å². The van der Waals surface area contributed by atoms with Gasteiger partial charge in [0.05, 0.1) is 12.5 Å². The smallest absolute Gasteiger partial charge is 0.307 e. The van der Waals surface area contributed by atoms with E-state index in [1.54, 1.807) is 6.92 Å². The topological polar surface area (TPSA) is 69.6 Å². The summed E-state index contributed by atoms with van der Waals surface area (Å²) in [6.07, 6.45) is 0. The van der Waals surface area contributed by atoms with E-state index >= 15 is 0 Å². The van der Waals surface area contributed by atoms with Crippen LogP contribution in [0, 0.1) is 5.92 Å². The molecule has 0 saturated heterocycles. The number of hydrogen-bond acceptors (Lipinski definition) is 3. The minimum Gasteiger partial charge on any atom is -0.481 e. The van der Waals surface area contributed by atoms with E-state index in [-0.39, 0.29) is 12.6 Å². The summed E-state index contributed by atoms with van der Waals surface area (Å²) < 4.78 is 0. The first kappa shape index (κ1) is 13.7. The normalized spacial score (nSPS) is 14.3. The predicted octanol–water partition coefficient (Wildman–Crippen LogP) is 1.38. The Balaban J connectivity index is 2.52. The molecular formula is C13H19NO3. The molecule has 0 spiro atoms. The van der Waals surface area contributed by atoms with E-state index in [9.17, 15) is 4.79 Å². The first-order chi connectivity index (χ1) is 8.04. The van der Waals surface area contributed by atoms with Crippen molar-refractivity contribution in [2.24, 2.45) is 5.92 Å². The summed E-state index contributed by atoms with van der Waals surface area (Å²) in [6, 6.07) is 7.50. The number of carbonyl (C=O) groups is 1. The second-order valence-electron chi connectivity index (χ2n) is 4.27. The van der Waals surface area contributed by atoms with Crippen LogP contribution in [0.3, 0.4) is 0 Å². The van der Waals surface area contributed by atoms with Gasteiger partial charge in [0.15, 0.2) is 0 Å². The van der Waals surface area contributed by atoms with Gasteiger partial charge in [-0.1, -0.05) is 31.2 Å². The second-order valence-corrected chi connectivity index (χ2v) is 4.27. The van der Waals surface area contributed by atoms with Gasteiger partial charge >= 0.3 is 5.97 Å². The van der Waals surface area contributed by atoms with Crippen LogP contribution in [-0.2, 0) is 17.9 Å². The van der Waals surface area contributed by atoms with Crippen LogP contribution in [0.5, 0.6) is 0 Å². The third-order valence-corrected chi connectivity index (χ3v) is 2.94. The zero-order valence-corrected chi connectivity index (χ0v) is 10.2. The van der Waals surface area contributed by atoms with Crippen molar-refractivity contribution in [3.63, 3.8) is 0 Å². The van der Waals surface area contributed by atoms with E-state index in [1.807, 2.05) is 31.2 Å². The van der Waals surface area contributed by atoms with Gasteiger partial charge in [-0.2, -0.15) is 0 Å². The number of aliphatic hydroxyl groups is 1. The van der Waals surface area contributed by atoms with Crippen molar-refractivity contribution >= 4 is 5.97 Å². The Kier molecular flexibility index (Phi) is 5.12. The Morgan fingerprint density at radius 2 is 2.00 bits per heavy atom. The van der Waals surface area contributed by atoms with Crippen LogP contribution in [0.15, 0.2) is 24.3 Å². The lowest BCUT2D eigenvalue weighted by Crippen LogP contribution is -2.35. The molecule has 0 bridgehead atoms. The molecule has 1 aromatic rings. The van der Waals surface area contributed by atoms with Gasteiger partial charge in [-0.3, -0.25) is 4.79 Å². The molecule has 2 unspecified atom stereocenters. The molecule has 0 amide bonds. The molecule has 2 atom stereocenters. The summed E-state index contributed by atoms with van der Waals surface area (Å²) in [5.74, 6) is -1.22. The Labute approximate surface area is 101 Å². The summed E-state index contributed by atoms with van der Waals surface area (Å²) in [7, 11) is 0. The number of carboxylic acid groups (broad SMARTS) is 1. The van der Waals surface area contributed by atoms with Crippen molar-refractivity contribution in [1.82, 2.24) is 5.32 Å². The average Bonchev–Trinajstić information content (AvgIpc) is 2.35. The standard InChI is InChI=1S/C13H19NO3/c1-9(13(16)17)10(2)14-7-11-4-3-5-12(6-11)8-15/h3-6,9-10,14-15H,7-8H2,1-2H3,(H,16,17). The zero-order valence-electron chi connectivity index (χ0n) is 10.2. The number of rotatable bonds is 6. The number of hydrogen-bond donors (Lipinski definition) is 3. The summed E-state index contributed by atoms with van der Waals surface area (Å²) in [5, 5.41) is 21.0. The number of carboxylic acids is 1. The molecule has 3 N–H and O–H groups in total. The fourth-order valence-corrected chi connectivity index (χ4v) is 1.51. The molecule has 1 aromatic carbocycles. The van der Waals surface area contributed by atoms with Gasteiger partial charge in [0.1, 0.15) is 0 Å². The van der Waals surface area contributed by atoms with Crippen molar-refractivity contribution in [1.29, 1.82) is 0 Å². The van der Waals surface area contributed by atoms with Crippen molar-refractivity contribution < 1.29 is 15.0 Å². The Morgan fingerprint density at radius 1 is 1.35 bits per heavy atom. The van der Waals surface area contributed by atoms with Gasteiger partial charge in [0.2, 0.25) is 0 Å². The summed E-state index contributed by atoms with van der Waals surface area (Å²) in [5.41, 5.74) is 1.91. The van der Waals surface area contributed by atoms with E-state index in [0.29, 0.717) is 6.54 Å². The molecule has 0 saturated carbocycles. The van der Waals surface area contributed by atoms with Crippen LogP contribution in [0.25, 0.3) is 0 Å². The lowest BCUT2D eigenvalue weighted by molar-refractivity contribution is -0.141. The third-order valence-electron chi connectivity index (χ3n) is 2.94. The maximum atomic E-state index is 10.8. The average molecular weight is 237 g/mol. The quantitative estimate of drug-likeness (QED) is 0.699. The van der Waals surface area contributed by atoms with Gasteiger partial charge < -0.3 is 15.5 Å². The molecule has 94 valence electrons. The van der Waals surface area contributed by atoms with E-state index in [2.05, 4.69) is 5.32 Å². The number of aliphatic hydroxyl groups excluding tert-OH is 1. The summed E-state index contributed by atoms with van der Waals surface area (Å²) in [6.45, 7) is 4.17. The molecule has 0 aliphatic heterocycles. The lowest BCUT2D eigenvalue weighted by Gasteiger charge is -2.17. The number of benzene rings is 1. The highest BCUT2D eigenvalue weighted by molar-refractivity contribution is 5.70.